The lowest BCUT2D eigenvalue weighted by molar-refractivity contribution is 0.496. The number of nitrogens with zero attached hydrogens (tertiary/aromatic N) is 3. The molecule has 0 N–H and O–H groups in total. The van der Waals surface area contributed by atoms with Gasteiger partial charge in [0, 0.05) is 0 Å². The van der Waals surface area contributed by atoms with Gasteiger partial charge < -0.3 is 0 Å². The molecule has 0 saturated carbocycles. The molecule has 1 atom stereocenters. The first-order valence-corrected chi connectivity index (χ1v) is 6.99. The number of unbranched alkanes of at least 4 members (excludes halogenated alkanes) is 4. The molecule has 20 heavy (non-hydrogen) atoms. The summed E-state index contributed by atoms with van der Waals surface area (Å²) in [6, 6.07) is -0.0194. The smallest absolute Gasteiger partial charge is 0.211 e. The first kappa shape index (κ1) is 18.1. The van der Waals surface area contributed by atoms with E-state index in [9.17, 15) is 14.4 Å². The average Bonchev–Trinajstić information content (AvgIpc) is 2.46. The van der Waals surface area contributed by atoms with Gasteiger partial charge in [-0.2, -0.15) is 0 Å². The second-order valence-electron chi connectivity index (χ2n) is 4.52. The average molecular weight is 279 g/mol. The molecule has 0 heterocycles. The van der Waals surface area contributed by atoms with E-state index in [0.717, 1.165) is 51.4 Å². The highest BCUT2D eigenvalue weighted by molar-refractivity contribution is 5.33. The van der Waals surface area contributed by atoms with E-state index >= 15 is 0 Å². The van der Waals surface area contributed by atoms with Crippen molar-refractivity contribution in [2.75, 3.05) is 13.1 Å². The molecule has 0 aromatic rings. The highest BCUT2D eigenvalue weighted by Crippen LogP contribution is 2.13. The van der Waals surface area contributed by atoms with Gasteiger partial charge in [-0.3, -0.25) is 0 Å². The van der Waals surface area contributed by atoms with Gasteiger partial charge in [0.05, 0.1) is 19.1 Å². The van der Waals surface area contributed by atoms with Gasteiger partial charge in [0.15, 0.2) is 0 Å². The van der Waals surface area contributed by atoms with Crippen molar-refractivity contribution < 1.29 is 14.4 Å². The van der Waals surface area contributed by atoms with Crippen LogP contribution in [-0.4, -0.2) is 37.4 Å². The van der Waals surface area contributed by atoms with Gasteiger partial charge in [-0.1, -0.05) is 25.7 Å². The van der Waals surface area contributed by atoms with Crippen LogP contribution < -0.4 is 0 Å². The van der Waals surface area contributed by atoms with E-state index in [0.29, 0.717) is 13.1 Å². The molecular formula is C14H21N3O3. The summed E-state index contributed by atoms with van der Waals surface area (Å²) in [6.45, 7) is 0.991. The molecule has 0 aliphatic rings. The first-order chi connectivity index (χ1) is 9.85. The molecule has 0 radical (unpaired) electrons. The quantitative estimate of drug-likeness (QED) is 0.295. The Morgan fingerprint density at radius 3 is 1.85 bits per heavy atom. The van der Waals surface area contributed by atoms with Crippen LogP contribution >= 0.6 is 0 Å². The van der Waals surface area contributed by atoms with Gasteiger partial charge in [0.2, 0.25) is 18.2 Å². The second-order valence-corrected chi connectivity index (χ2v) is 4.52. The van der Waals surface area contributed by atoms with Crippen molar-refractivity contribution in [1.29, 1.82) is 0 Å². The van der Waals surface area contributed by atoms with E-state index in [4.69, 9.17) is 0 Å². The lowest BCUT2D eigenvalue weighted by Crippen LogP contribution is -2.05. The number of hydrogen-bond acceptors (Lipinski definition) is 6. The summed E-state index contributed by atoms with van der Waals surface area (Å²) in [5.74, 6) is 0. The topological polar surface area (TPSA) is 88.3 Å². The maximum absolute atomic E-state index is 10.3. The SMILES string of the molecule is O=C=NCCCCCCCC(CCCN=C=O)N=C=O. The summed E-state index contributed by atoms with van der Waals surface area (Å²) >= 11 is 0. The Labute approximate surface area is 119 Å². The van der Waals surface area contributed by atoms with Crippen molar-refractivity contribution in [1.82, 2.24) is 0 Å². The Hall–Kier alpha value is -1.86. The van der Waals surface area contributed by atoms with E-state index in [1.165, 1.54) is 12.2 Å². The van der Waals surface area contributed by atoms with E-state index in [1.54, 1.807) is 6.08 Å². The normalized spacial score (nSPS) is 10.8. The second kappa shape index (κ2) is 15.2. The third-order valence-corrected chi connectivity index (χ3v) is 2.98. The molecule has 0 fully saturated rings. The number of hydrogen-bond donors (Lipinski definition) is 0. The molecular weight excluding hydrogens is 258 g/mol. The van der Waals surface area contributed by atoms with Gasteiger partial charge in [-0.05, 0) is 25.7 Å². The monoisotopic (exact) mass is 279 g/mol. The zero-order valence-electron chi connectivity index (χ0n) is 11.7. The van der Waals surface area contributed by atoms with Gasteiger partial charge in [-0.15, -0.1) is 0 Å². The molecule has 0 aromatic carbocycles. The highest BCUT2D eigenvalue weighted by Gasteiger charge is 2.06. The van der Waals surface area contributed by atoms with E-state index in [2.05, 4.69) is 15.0 Å². The molecule has 0 aliphatic heterocycles. The summed E-state index contributed by atoms with van der Waals surface area (Å²) in [6.07, 6.45) is 12.1. The van der Waals surface area contributed by atoms with Crippen LogP contribution in [0.5, 0.6) is 0 Å². The van der Waals surface area contributed by atoms with Crippen molar-refractivity contribution in [2.45, 2.75) is 57.4 Å². The Morgan fingerprint density at radius 2 is 1.20 bits per heavy atom. The Morgan fingerprint density at radius 1 is 0.650 bits per heavy atom. The molecule has 6 heteroatoms. The minimum absolute atomic E-state index is 0.0194. The van der Waals surface area contributed by atoms with Gasteiger partial charge in [0.1, 0.15) is 0 Å². The van der Waals surface area contributed by atoms with Crippen LogP contribution in [0.15, 0.2) is 15.0 Å². The largest absolute Gasteiger partial charge is 0.235 e. The van der Waals surface area contributed by atoms with E-state index in [-0.39, 0.29) is 6.04 Å². The lowest BCUT2D eigenvalue weighted by atomic mass is 10.0. The third kappa shape index (κ3) is 12.6. The van der Waals surface area contributed by atoms with Crippen LogP contribution in [0.4, 0.5) is 0 Å². The van der Waals surface area contributed by atoms with Crippen LogP contribution in [0, 0.1) is 0 Å². The summed E-state index contributed by atoms with van der Waals surface area (Å²) in [5.41, 5.74) is 0. The fraction of sp³-hybridized carbons (Fsp3) is 0.786. The Balaban J connectivity index is 3.61. The zero-order valence-corrected chi connectivity index (χ0v) is 11.7. The first-order valence-electron chi connectivity index (χ1n) is 6.99. The fourth-order valence-corrected chi connectivity index (χ4v) is 1.95. The van der Waals surface area contributed by atoms with Crippen LogP contribution in [0.2, 0.25) is 0 Å². The Bertz CT molecular complexity index is 379. The minimum atomic E-state index is -0.0194. The Kier molecular flexibility index (Phi) is 13.8. The number of aliphatic imine (C=N–C) groups is 3. The molecule has 6 nitrogen and oxygen atoms in total. The summed E-state index contributed by atoms with van der Waals surface area (Å²) in [7, 11) is 0. The predicted octanol–water partition coefficient (Wildman–Crippen LogP) is 2.48. The lowest BCUT2D eigenvalue weighted by Gasteiger charge is -2.09. The zero-order chi connectivity index (χ0) is 14.9. The highest BCUT2D eigenvalue weighted by atomic mass is 16.1. The molecule has 0 spiro atoms. The van der Waals surface area contributed by atoms with Crippen molar-refractivity contribution >= 4 is 18.2 Å². The molecule has 0 rings (SSSR count). The van der Waals surface area contributed by atoms with Gasteiger partial charge >= 0.3 is 0 Å². The van der Waals surface area contributed by atoms with Crippen LogP contribution in [0.1, 0.15) is 51.4 Å². The fourth-order valence-electron chi connectivity index (χ4n) is 1.95. The number of isocyanates is 3. The van der Waals surface area contributed by atoms with Crippen molar-refractivity contribution in [3.8, 4) is 0 Å². The molecule has 1 unspecified atom stereocenters. The summed E-state index contributed by atoms with van der Waals surface area (Å²) < 4.78 is 0. The maximum Gasteiger partial charge on any atom is 0.235 e. The maximum atomic E-state index is 10.3. The summed E-state index contributed by atoms with van der Waals surface area (Å²) in [4.78, 5) is 40.8. The van der Waals surface area contributed by atoms with Gasteiger partial charge in [0.25, 0.3) is 0 Å². The number of rotatable bonds is 13. The number of carbonyl (C=O) groups excluding carboxylic acids is 3. The molecule has 0 amide bonds. The predicted molar refractivity (Wildman–Crippen MR) is 74.8 cm³/mol. The van der Waals surface area contributed by atoms with E-state index in [1.807, 2.05) is 0 Å². The molecule has 110 valence electrons. The minimum Gasteiger partial charge on any atom is -0.211 e. The standard InChI is InChI=1S/C14H21N3O3/c18-11-15-9-5-3-1-2-4-7-14(17-13-20)8-6-10-16-12-19/h14H,1-10H2. The van der Waals surface area contributed by atoms with Crippen molar-refractivity contribution in [3.63, 3.8) is 0 Å². The third-order valence-electron chi connectivity index (χ3n) is 2.98. The molecule has 0 aliphatic carbocycles. The summed E-state index contributed by atoms with van der Waals surface area (Å²) in [5, 5.41) is 0. The van der Waals surface area contributed by atoms with Crippen LogP contribution in [0.25, 0.3) is 0 Å². The van der Waals surface area contributed by atoms with Crippen LogP contribution in [-0.2, 0) is 14.4 Å². The van der Waals surface area contributed by atoms with E-state index < -0.39 is 0 Å². The molecule has 0 bridgehead atoms. The molecule has 0 aromatic heterocycles. The van der Waals surface area contributed by atoms with Crippen molar-refractivity contribution in [3.05, 3.63) is 0 Å². The van der Waals surface area contributed by atoms with Crippen LogP contribution in [0.3, 0.4) is 0 Å². The van der Waals surface area contributed by atoms with Gasteiger partial charge in [-0.25, -0.2) is 29.4 Å². The van der Waals surface area contributed by atoms with Crippen molar-refractivity contribution in [2.24, 2.45) is 15.0 Å². The molecule has 0 saturated heterocycles.